The Balaban J connectivity index is 2.22. The molecule has 2 unspecified atom stereocenters. The van der Waals surface area contributed by atoms with E-state index in [1.54, 1.807) is 23.1 Å². The van der Waals surface area contributed by atoms with E-state index in [-0.39, 0.29) is 24.5 Å². The molecule has 0 saturated carbocycles. The van der Waals surface area contributed by atoms with Crippen molar-refractivity contribution in [3.05, 3.63) is 63.1 Å². The van der Waals surface area contributed by atoms with Gasteiger partial charge in [-0.1, -0.05) is 71.2 Å². The van der Waals surface area contributed by atoms with Crippen LogP contribution < -0.4 is 10.1 Å². The lowest BCUT2D eigenvalue weighted by Crippen LogP contribution is -2.51. The molecular formula is C24H30BrClN2O3. The topological polar surface area (TPSA) is 58.6 Å². The molecule has 0 aliphatic rings. The lowest BCUT2D eigenvalue weighted by Gasteiger charge is -2.31. The van der Waals surface area contributed by atoms with Gasteiger partial charge in [0.15, 0.2) is 6.61 Å². The predicted octanol–water partition coefficient (Wildman–Crippen LogP) is 5.51. The fourth-order valence-electron chi connectivity index (χ4n) is 3.07. The molecule has 2 amide bonds. The molecule has 0 aromatic heterocycles. The minimum absolute atomic E-state index is 0.0377. The Morgan fingerprint density at radius 3 is 2.39 bits per heavy atom. The Morgan fingerprint density at radius 2 is 1.81 bits per heavy atom. The number of nitrogens with one attached hydrogen (secondary N) is 1. The van der Waals surface area contributed by atoms with E-state index in [2.05, 4.69) is 21.2 Å². The maximum Gasteiger partial charge on any atom is 0.261 e. The van der Waals surface area contributed by atoms with Crippen LogP contribution >= 0.6 is 27.5 Å². The van der Waals surface area contributed by atoms with Crippen molar-refractivity contribution in [2.24, 2.45) is 0 Å². The standard InChI is InChI=1S/C24H30BrClN2O3/c1-5-17(4)27-24(30)21(6-2)28(14-18-9-7-16(3)8-10-18)23(29)15-31-22-12-11-19(25)13-20(22)26/h7-13,17,21H,5-6,14-15H2,1-4H3,(H,27,30). The van der Waals surface area contributed by atoms with Crippen LogP contribution in [0.25, 0.3) is 0 Å². The third kappa shape index (κ3) is 7.54. The van der Waals surface area contributed by atoms with Gasteiger partial charge in [-0.25, -0.2) is 0 Å². The first-order valence-corrected chi connectivity index (χ1v) is 11.6. The van der Waals surface area contributed by atoms with Crippen LogP contribution in [0.1, 0.15) is 44.7 Å². The fourth-order valence-corrected chi connectivity index (χ4v) is 3.79. The van der Waals surface area contributed by atoms with Crippen molar-refractivity contribution in [2.75, 3.05) is 6.61 Å². The largest absolute Gasteiger partial charge is 0.482 e. The van der Waals surface area contributed by atoms with Crippen molar-refractivity contribution in [3.8, 4) is 5.75 Å². The minimum Gasteiger partial charge on any atom is -0.482 e. The molecule has 0 fully saturated rings. The van der Waals surface area contributed by atoms with Gasteiger partial charge in [-0.2, -0.15) is 0 Å². The first-order chi connectivity index (χ1) is 14.7. The molecule has 0 aliphatic heterocycles. The van der Waals surface area contributed by atoms with Gasteiger partial charge in [-0.3, -0.25) is 9.59 Å². The lowest BCUT2D eigenvalue weighted by molar-refractivity contribution is -0.143. The quantitative estimate of drug-likeness (QED) is 0.459. The summed E-state index contributed by atoms with van der Waals surface area (Å²) >= 11 is 9.56. The molecule has 2 atom stereocenters. The van der Waals surface area contributed by atoms with Crippen LogP contribution in [0.3, 0.4) is 0 Å². The molecule has 7 heteroatoms. The number of hydrogen-bond acceptors (Lipinski definition) is 3. The summed E-state index contributed by atoms with van der Waals surface area (Å²) in [6.07, 6.45) is 1.32. The summed E-state index contributed by atoms with van der Waals surface area (Å²) in [5.74, 6) is -0.00435. The maximum absolute atomic E-state index is 13.2. The third-order valence-electron chi connectivity index (χ3n) is 5.11. The van der Waals surface area contributed by atoms with Gasteiger partial charge in [0.1, 0.15) is 11.8 Å². The molecule has 0 heterocycles. The van der Waals surface area contributed by atoms with Gasteiger partial charge in [-0.05, 0) is 50.5 Å². The summed E-state index contributed by atoms with van der Waals surface area (Å²) in [7, 11) is 0. The van der Waals surface area contributed by atoms with Crippen LogP contribution in [0.4, 0.5) is 0 Å². The second-order valence-corrected chi connectivity index (χ2v) is 8.94. The number of amides is 2. The number of carbonyl (C=O) groups excluding carboxylic acids is 2. The molecule has 0 saturated heterocycles. The van der Waals surface area contributed by atoms with Crippen molar-refractivity contribution in [1.29, 1.82) is 0 Å². The van der Waals surface area contributed by atoms with E-state index in [1.807, 2.05) is 52.0 Å². The molecule has 2 aromatic carbocycles. The highest BCUT2D eigenvalue weighted by atomic mass is 79.9. The zero-order chi connectivity index (χ0) is 23.0. The molecule has 2 aromatic rings. The number of ether oxygens (including phenoxy) is 1. The van der Waals surface area contributed by atoms with Crippen LogP contribution in [-0.2, 0) is 16.1 Å². The molecule has 1 N–H and O–H groups in total. The summed E-state index contributed by atoms with van der Waals surface area (Å²) in [5.41, 5.74) is 2.09. The SMILES string of the molecule is CCC(C)NC(=O)C(CC)N(Cc1ccc(C)cc1)C(=O)COc1ccc(Br)cc1Cl. The highest BCUT2D eigenvalue weighted by Gasteiger charge is 2.29. The van der Waals surface area contributed by atoms with Gasteiger partial charge in [0.2, 0.25) is 5.91 Å². The second kappa shape index (κ2) is 12.1. The fraction of sp³-hybridized carbons (Fsp3) is 0.417. The Kier molecular flexibility index (Phi) is 9.85. The van der Waals surface area contributed by atoms with E-state index in [0.717, 1.165) is 22.0 Å². The highest BCUT2D eigenvalue weighted by Crippen LogP contribution is 2.28. The second-order valence-electron chi connectivity index (χ2n) is 7.61. The highest BCUT2D eigenvalue weighted by molar-refractivity contribution is 9.10. The van der Waals surface area contributed by atoms with Crippen molar-refractivity contribution in [1.82, 2.24) is 10.2 Å². The molecule has 2 rings (SSSR count). The van der Waals surface area contributed by atoms with E-state index in [4.69, 9.17) is 16.3 Å². The monoisotopic (exact) mass is 508 g/mol. The summed E-state index contributed by atoms with van der Waals surface area (Å²) in [5, 5.41) is 3.41. The number of halogens is 2. The van der Waals surface area contributed by atoms with Crippen molar-refractivity contribution in [3.63, 3.8) is 0 Å². The van der Waals surface area contributed by atoms with Gasteiger partial charge in [0.25, 0.3) is 5.91 Å². The van der Waals surface area contributed by atoms with Crippen molar-refractivity contribution < 1.29 is 14.3 Å². The zero-order valence-electron chi connectivity index (χ0n) is 18.5. The summed E-state index contributed by atoms with van der Waals surface area (Å²) in [4.78, 5) is 27.7. The van der Waals surface area contributed by atoms with Crippen LogP contribution in [0.2, 0.25) is 5.02 Å². The normalized spacial score (nSPS) is 12.7. The summed E-state index contributed by atoms with van der Waals surface area (Å²) < 4.78 is 6.52. The van der Waals surface area contributed by atoms with Crippen LogP contribution in [0.5, 0.6) is 5.75 Å². The minimum atomic E-state index is -0.591. The maximum atomic E-state index is 13.2. The van der Waals surface area contributed by atoms with Crippen LogP contribution in [0, 0.1) is 6.92 Å². The average molecular weight is 510 g/mol. The number of rotatable bonds is 10. The summed E-state index contributed by atoms with van der Waals surface area (Å²) in [6.45, 7) is 8.00. The van der Waals surface area contributed by atoms with Gasteiger partial charge in [-0.15, -0.1) is 0 Å². The first kappa shape index (κ1) is 25.2. The first-order valence-electron chi connectivity index (χ1n) is 10.5. The Morgan fingerprint density at radius 1 is 1.13 bits per heavy atom. The van der Waals surface area contributed by atoms with E-state index in [0.29, 0.717) is 23.7 Å². The average Bonchev–Trinajstić information content (AvgIpc) is 2.74. The Hall–Kier alpha value is -2.05. The van der Waals surface area contributed by atoms with Gasteiger partial charge < -0.3 is 15.0 Å². The van der Waals surface area contributed by atoms with Crippen molar-refractivity contribution in [2.45, 2.75) is 59.2 Å². The molecule has 0 bridgehead atoms. The molecule has 0 radical (unpaired) electrons. The Bertz CT molecular complexity index is 889. The molecule has 5 nitrogen and oxygen atoms in total. The molecule has 168 valence electrons. The molecule has 31 heavy (non-hydrogen) atoms. The number of nitrogens with zero attached hydrogens (tertiary/aromatic N) is 1. The molecule has 0 aliphatic carbocycles. The summed E-state index contributed by atoms with van der Waals surface area (Å²) in [6, 6.07) is 12.6. The van der Waals surface area contributed by atoms with Crippen LogP contribution in [0.15, 0.2) is 46.9 Å². The molecular weight excluding hydrogens is 480 g/mol. The predicted molar refractivity (Wildman–Crippen MR) is 128 cm³/mol. The molecule has 0 spiro atoms. The van der Waals surface area contributed by atoms with Gasteiger partial charge >= 0.3 is 0 Å². The van der Waals surface area contributed by atoms with E-state index in [1.165, 1.54) is 0 Å². The van der Waals surface area contributed by atoms with Crippen LogP contribution in [-0.4, -0.2) is 35.4 Å². The van der Waals surface area contributed by atoms with Gasteiger partial charge in [0, 0.05) is 17.1 Å². The van der Waals surface area contributed by atoms with E-state index >= 15 is 0 Å². The Labute approximate surface area is 198 Å². The van der Waals surface area contributed by atoms with Crippen molar-refractivity contribution >= 4 is 39.3 Å². The number of carbonyl (C=O) groups is 2. The lowest BCUT2D eigenvalue weighted by atomic mass is 10.1. The van der Waals surface area contributed by atoms with Gasteiger partial charge in [0.05, 0.1) is 5.02 Å². The smallest absolute Gasteiger partial charge is 0.261 e. The van der Waals surface area contributed by atoms with E-state index < -0.39 is 6.04 Å². The zero-order valence-corrected chi connectivity index (χ0v) is 20.8. The number of benzene rings is 2. The number of aryl methyl sites for hydroxylation is 1. The number of hydrogen-bond donors (Lipinski definition) is 1. The van der Waals surface area contributed by atoms with E-state index in [9.17, 15) is 9.59 Å². The third-order valence-corrected chi connectivity index (χ3v) is 5.89.